The molecule has 0 amide bonds. The van der Waals surface area contributed by atoms with E-state index in [1.165, 1.54) is 66.1 Å². The normalized spacial score (nSPS) is 11.1. The largest absolute Gasteiger partial charge is 0.310 e. The van der Waals surface area contributed by atoms with Gasteiger partial charge in [0.15, 0.2) is 0 Å². The van der Waals surface area contributed by atoms with Gasteiger partial charge in [0.25, 0.3) is 0 Å². The van der Waals surface area contributed by atoms with E-state index in [0.717, 1.165) is 17.1 Å². The maximum Gasteiger partial charge on any atom is 0.0540 e. The fraction of sp³-hybridized carbons (Fsp3) is 0. The first kappa shape index (κ1) is 30.4. The number of hydrogen-bond acceptors (Lipinski definition) is 1. The molecule has 0 aliphatic carbocycles. The molecule has 240 valence electrons. The molecule has 1 nitrogen and oxygen atoms in total. The van der Waals surface area contributed by atoms with Crippen LogP contribution in [0.25, 0.3) is 66.1 Å². The van der Waals surface area contributed by atoms with Gasteiger partial charge in [0, 0.05) is 16.9 Å². The number of hydrogen-bond donors (Lipinski definition) is 0. The van der Waals surface area contributed by atoms with Crippen LogP contribution in [0.5, 0.6) is 0 Å². The Morgan fingerprint density at radius 1 is 0.255 bits per heavy atom. The molecule has 0 heterocycles. The first-order valence-corrected chi connectivity index (χ1v) is 17.5. The van der Waals surface area contributed by atoms with Crippen molar-refractivity contribution in [3.05, 3.63) is 212 Å². The van der Waals surface area contributed by atoms with Crippen LogP contribution in [0.2, 0.25) is 0 Å². The second kappa shape index (κ2) is 13.3. The molecule has 0 aliphatic heterocycles. The van der Waals surface area contributed by atoms with Crippen molar-refractivity contribution in [2.75, 3.05) is 4.90 Å². The van der Waals surface area contributed by atoms with Crippen LogP contribution in [0.1, 0.15) is 0 Å². The third kappa shape index (κ3) is 5.75. The van der Waals surface area contributed by atoms with Crippen LogP contribution in [0.4, 0.5) is 17.1 Å². The van der Waals surface area contributed by atoms with E-state index in [4.69, 9.17) is 0 Å². The lowest BCUT2D eigenvalue weighted by molar-refractivity contribution is 1.29. The lowest BCUT2D eigenvalue weighted by Gasteiger charge is -2.29. The molecule has 0 saturated heterocycles. The van der Waals surface area contributed by atoms with E-state index in [-0.39, 0.29) is 0 Å². The Bertz CT molecular complexity index is 2630. The fourth-order valence-corrected chi connectivity index (χ4v) is 7.45. The van der Waals surface area contributed by atoms with Gasteiger partial charge < -0.3 is 4.90 Å². The molecule has 0 unspecified atom stereocenters. The Kier molecular flexibility index (Phi) is 7.92. The molecule has 0 N–H and O–H groups in total. The van der Waals surface area contributed by atoms with Gasteiger partial charge in [-0.2, -0.15) is 0 Å². The van der Waals surface area contributed by atoms with Crippen LogP contribution < -0.4 is 4.90 Å². The molecule has 9 rings (SSSR count). The smallest absolute Gasteiger partial charge is 0.0540 e. The van der Waals surface area contributed by atoms with Crippen LogP contribution >= 0.6 is 0 Å². The third-order valence-corrected chi connectivity index (χ3v) is 9.88. The van der Waals surface area contributed by atoms with E-state index in [0.29, 0.717) is 0 Å². The molecule has 51 heavy (non-hydrogen) atoms. The molecule has 0 aromatic heterocycles. The topological polar surface area (TPSA) is 3.24 Å². The first-order valence-electron chi connectivity index (χ1n) is 17.5. The Morgan fingerprint density at radius 2 is 0.745 bits per heavy atom. The summed E-state index contributed by atoms with van der Waals surface area (Å²) >= 11 is 0. The number of anilines is 3. The monoisotopic (exact) mass is 649 g/mol. The second-order valence-electron chi connectivity index (χ2n) is 12.9. The molecular formula is C50H35N. The van der Waals surface area contributed by atoms with Gasteiger partial charge in [-0.25, -0.2) is 0 Å². The van der Waals surface area contributed by atoms with Gasteiger partial charge in [-0.05, 0) is 90.8 Å². The summed E-state index contributed by atoms with van der Waals surface area (Å²) in [6, 6.07) is 76.7. The van der Waals surface area contributed by atoms with Gasteiger partial charge in [-0.1, -0.05) is 182 Å². The molecule has 0 bridgehead atoms. The maximum atomic E-state index is 2.41. The van der Waals surface area contributed by atoms with E-state index in [9.17, 15) is 0 Å². The van der Waals surface area contributed by atoms with Crippen molar-refractivity contribution in [3.63, 3.8) is 0 Å². The molecule has 0 fully saturated rings. The lowest BCUT2D eigenvalue weighted by Crippen LogP contribution is -2.11. The summed E-state index contributed by atoms with van der Waals surface area (Å²) in [5.74, 6) is 0. The average Bonchev–Trinajstić information content (AvgIpc) is 3.21. The summed E-state index contributed by atoms with van der Waals surface area (Å²) in [6.45, 7) is 0. The first-order chi connectivity index (χ1) is 25.3. The molecular weight excluding hydrogens is 615 g/mol. The third-order valence-electron chi connectivity index (χ3n) is 9.88. The minimum atomic E-state index is 1.10. The van der Waals surface area contributed by atoms with Crippen LogP contribution in [-0.4, -0.2) is 0 Å². The minimum Gasteiger partial charge on any atom is -0.310 e. The number of rotatable bonds is 7. The summed E-state index contributed by atoms with van der Waals surface area (Å²) in [7, 11) is 0. The Balaban J connectivity index is 1.22. The van der Waals surface area contributed by atoms with Crippen molar-refractivity contribution in [2.24, 2.45) is 0 Å². The zero-order chi connectivity index (χ0) is 34.0. The molecule has 0 saturated carbocycles. The summed E-state index contributed by atoms with van der Waals surface area (Å²) in [5, 5.41) is 4.95. The average molecular weight is 650 g/mol. The van der Waals surface area contributed by atoms with Crippen molar-refractivity contribution >= 4 is 38.6 Å². The fourth-order valence-electron chi connectivity index (χ4n) is 7.45. The Morgan fingerprint density at radius 3 is 1.51 bits per heavy atom. The molecule has 0 spiro atoms. The summed E-state index contributed by atoms with van der Waals surface area (Å²) in [5.41, 5.74) is 13.0. The molecule has 0 atom stereocenters. The summed E-state index contributed by atoms with van der Waals surface area (Å²) in [6.07, 6.45) is 0. The van der Waals surface area contributed by atoms with Crippen LogP contribution in [0.3, 0.4) is 0 Å². The number of nitrogens with zero attached hydrogens (tertiary/aromatic N) is 1. The zero-order valence-corrected chi connectivity index (χ0v) is 28.2. The van der Waals surface area contributed by atoms with Crippen molar-refractivity contribution in [3.8, 4) is 44.5 Å². The lowest BCUT2D eigenvalue weighted by atomic mass is 9.88. The summed E-state index contributed by atoms with van der Waals surface area (Å²) < 4.78 is 0. The molecule has 9 aromatic carbocycles. The highest BCUT2D eigenvalue weighted by Gasteiger charge is 2.20. The van der Waals surface area contributed by atoms with Crippen LogP contribution in [-0.2, 0) is 0 Å². The van der Waals surface area contributed by atoms with E-state index in [1.54, 1.807) is 0 Å². The van der Waals surface area contributed by atoms with Crippen LogP contribution in [0, 0.1) is 0 Å². The van der Waals surface area contributed by atoms with E-state index in [1.807, 2.05) is 0 Å². The zero-order valence-electron chi connectivity index (χ0n) is 28.2. The standard InChI is InChI=1S/C50H35N/c1-2-16-37(17-3-1)45-22-8-9-23-46(45)47-24-10-11-25-48(47)49-26-12-13-28-50(49)51(42-34-29-36-15-4-5-19-40(36)35-42)41-32-30-39(31-33-41)44-27-14-20-38-18-6-7-21-43(38)44/h1-35H. The van der Waals surface area contributed by atoms with Crippen molar-refractivity contribution < 1.29 is 0 Å². The minimum absolute atomic E-state index is 1.10. The predicted octanol–water partition coefficient (Wildman–Crippen LogP) is 14.1. The maximum absolute atomic E-state index is 2.41. The second-order valence-corrected chi connectivity index (χ2v) is 12.9. The summed E-state index contributed by atoms with van der Waals surface area (Å²) in [4.78, 5) is 2.41. The van der Waals surface area contributed by atoms with Gasteiger partial charge in [0.2, 0.25) is 0 Å². The van der Waals surface area contributed by atoms with Crippen molar-refractivity contribution in [1.29, 1.82) is 0 Å². The highest BCUT2D eigenvalue weighted by molar-refractivity contribution is 5.99. The SMILES string of the molecule is c1ccc(-c2ccccc2-c2ccccc2-c2ccccc2N(c2ccc(-c3cccc4ccccc34)cc2)c2ccc3ccccc3c2)cc1. The van der Waals surface area contributed by atoms with Crippen molar-refractivity contribution in [2.45, 2.75) is 0 Å². The van der Waals surface area contributed by atoms with Crippen molar-refractivity contribution in [1.82, 2.24) is 0 Å². The Hall–Kier alpha value is -6.70. The molecule has 9 aromatic rings. The number of benzene rings is 9. The van der Waals surface area contributed by atoms with E-state index >= 15 is 0 Å². The van der Waals surface area contributed by atoms with Crippen LogP contribution in [0.15, 0.2) is 212 Å². The molecule has 0 radical (unpaired) electrons. The van der Waals surface area contributed by atoms with Gasteiger partial charge in [0.05, 0.1) is 5.69 Å². The highest BCUT2D eigenvalue weighted by atomic mass is 15.1. The van der Waals surface area contributed by atoms with Gasteiger partial charge in [-0.15, -0.1) is 0 Å². The molecule has 1 heteroatoms. The number of para-hydroxylation sites is 1. The highest BCUT2D eigenvalue weighted by Crippen LogP contribution is 2.46. The van der Waals surface area contributed by atoms with E-state index in [2.05, 4.69) is 217 Å². The Labute approximate surface area is 299 Å². The number of fused-ring (bicyclic) bond motifs is 2. The van der Waals surface area contributed by atoms with Gasteiger partial charge in [0.1, 0.15) is 0 Å². The van der Waals surface area contributed by atoms with E-state index < -0.39 is 0 Å². The van der Waals surface area contributed by atoms with Gasteiger partial charge in [-0.3, -0.25) is 0 Å². The molecule has 0 aliphatic rings. The predicted molar refractivity (Wildman–Crippen MR) is 218 cm³/mol. The van der Waals surface area contributed by atoms with Gasteiger partial charge >= 0.3 is 0 Å². The quantitative estimate of drug-likeness (QED) is 0.166.